The van der Waals surface area contributed by atoms with Gasteiger partial charge in [-0.05, 0) is 72.4 Å². The minimum absolute atomic E-state index is 0.933. The zero-order valence-electron chi connectivity index (χ0n) is 23.3. The number of fused-ring (bicyclic) bond motifs is 5. The van der Waals surface area contributed by atoms with Gasteiger partial charge in [0, 0.05) is 27.3 Å². The van der Waals surface area contributed by atoms with Crippen LogP contribution in [0.15, 0.2) is 150 Å². The van der Waals surface area contributed by atoms with Crippen LogP contribution in [0.3, 0.4) is 0 Å². The Morgan fingerprint density at radius 2 is 0.884 bits per heavy atom. The van der Waals surface area contributed by atoms with Gasteiger partial charge in [0.25, 0.3) is 0 Å². The summed E-state index contributed by atoms with van der Waals surface area (Å²) in [5, 5.41) is 9.88. The zero-order valence-corrected chi connectivity index (χ0v) is 23.3. The topological polar surface area (TPSA) is 13.1 Å². The van der Waals surface area contributed by atoms with Gasteiger partial charge in [0.15, 0.2) is 0 Å². The van der Waals surface area contributed by atoms with E-state index in [9.17, 15) is 0 Å². The molecule has 1 aromatic heterocycles. The number of rotatable bonds is 2. The predicted molar refractivity (Wildman–Crippen MR) is 182 cm³/mol. The molecule has 198 valence electrons. The Kier molecular flexibility index (Phi) is 4.51. The molecule has 1 aliphatic rings. The third-order valence-electron chi connectivity index (χ3n) is 9.38. The summed E-state index contributed by atoms with van der Waals surface area (Å²) in [6.45, 7) is 0. The first-order valence-electron chi connectivity index (χ1n) is 14.9. The van der Waals surface area contributed by atoms with E-state index < -0.39 is 0 Å². The van der Waals surface area contributed by atoms with Crippen molar-refractivity contribution in [1.82, 2.24) is 0 Å². The van der Waals surface area contributed by atoms with Crippen molar-refractivity contribution < 1.29 is 4.42 Å². The molecule has 1 aliphatic carbocycles. The Hall–Kier alpha value is -5.66. The molecule has 8 aromatic carbocycles. The first-order valence-corrected chi connectivity index (χ1v) is 14.9. The van der Waals surface area contributed by atoms with Gasteiger partial charge in [-0.25, -0.2) is 0 Å². The monoisotopic (exact) mass is 544 g/mol. The van der Waals surface area contributed by atoms with Gasteiger partial charge in [-0.1, -0.05) is 133 Å². The third-order valence-corrected chi connectivity index (χ3v) is 9.38. The number of furan rings is 1. The van der Waals surface area contributed by atoms with Crippen molar-refractivity contribution in [2.75, 3.05) is 0 Å². The van der Waals surface area contributed by atoms with Crippen LogP contribution in [-0.4, -0.2) is 0 Å². The molecule has 0 radical (unpaired) electrons. The molecule has 1 heteroatoms. The van der Waals surface area contributed by atoms with Gasteiger partial charge >= 0.3 is 0 Å². The minimum Gasteiger partial charge on any atom is -0.455 e. The van der Waals surface area contributed by atoms with E-state index >= 15 is 0 Å². The normalized spacial score (nSPS) is 12.2. The second kappa shape index (κ2) is 8.44. The Labute approximate surface area is 248 Å². The number of benzene rings is 8. The number of hydrogen-bond acceptors (Lipinski definition) is 1. The average Bonchev–Trinajstić information content (AvgIpc) is 3.41. The lowest BCUT2D eigenvalue weighted by Gasteiger charge is -2.18. The fraction of sp³-hybridized carbons (Fsp3) is 0. The van der Waals surface area contributed by atoms with Gasteiger partial charge in [0.2, 0.25) is 0 Å². The molecule has 1 nitrogen and oxygen atoms in total. The Morgan fingerprint density at radius 3 is 1.56 bits per heavy atom. The molecule has 0 atom stereocenters. The van der Waals surface area contributed by atoms with Gasteiger partial charge in [-0.3, -0.25) is 0 Å². The molecule has 9 aromatic rings. The standard InChI is InChI=1S/C42H24O/c1-2-12-25(13-3-1)37-31-17-6-8-19-33(31)39(34-20-9-7-18-32(34)37)35-24-26-14-10-21-29-27-15-4-5-16-28(27)30-22-11-23-36-40(30)41(38(26)29)42(35)43-36/h1-24H. The van der Waals surface area contributed by atoms with Crippen molar-refractivity contribution in [2.45, 2.75) is 0 Å². The zero-order chi connectivity index (χ0) is 28.1. The summed E-state index contributed by atoms with van der Waals surface area (Å²) in [6.07, 6.45) is 0. The molecule has 43 heavy (non-hydrogen) atoms. The van der Waals surface area contributed by atoms with Crippen molar-refractivity contribution in [2.24, 2.45) is 0 Å². The molecule has 0 bridgehead atoms. The number of hydrogen-bond donors (Lipinski definition) is 0. The lowest BCUT2D eigenvalue weighted by Crippen LogP contribution is -1.92. The summed E-state index contributed by atoms with van der Waals surface area (Å²) >= 11 is 0. The van der Waals surface area contributed by atoms with Gasteiger partial charge in [0.05, 0.1) is 0 Å². The molecule has 0 aliphatic heterocycles. The van der Waals surface area contributed by atoms with Crippen LogP contribution in [0.1, 0.15) is 0 Å². The maximum Gasteiger partial charge on any atom is 0.143 e. The maximum atomic E-state index is 6.94. The average molecular weight is 545 g/mol. The fourth-order valence-corrected chi connectivity index (χ4v) is 7.69. The van der Waals surface area contributed by atoms with E-state index in [4.69, 9.17) is 4.42 Å². The van der Waals surface area contributed by atoms with Crippen molar-refractivity contribution >= 4 is 54.3 Å². The molecule has 0 spiro atoms. The first-order chi connectivity index (χ1) is 21.4. The van der Waals surface area contributed by atoms with Crippen LogP contribution < -0.4 is 0 Å². The van der Waals surface area contributed by atoms with Gasteiger partial charge in [0.1, 0.15) is 11.2 Å². The molecule has 0 amide bonds. The quantitative estimate of drug-likeness (QED) is 0.197. The van der Waals surface area contributed by atoms with E-state index in [2.05, 4.69) is 146 Å². The largest absolute Gasteiger partial charge is 0.455 e. The molecule has 0 saturated carbocycles. The fourth-order valence-electron chi connectivity index (χ4n) is 7.69. The summed E-state index contributed by atoms with van der Waals surface area (Å²) < 4.78 is 6.94. The van der Waals surface area contributed by atoms with Crippen LogP contribution in [-0.2, 0) is 0 Å². The van der Waals surface area contributed by atoms with Crippen LogP contribution in [0, 0.1) is 0 Å². The van der Waals surface area contributed by atoms with E-state index in [1.54, 1.807) is 0 Å². The summed E-state index contributed by atoms with van der Waals surface area (Å²) in [7, 11) is 0. The molecular formula is C42H24O. The Balaban J connectivity index is 1.45. The molecule has 10 rings (SSSR count). The predicted octanol–water partition coefficient (Wildman–Crippen LogP) is 12.0. The van der Waals surface area contributed by atoms with Crippen LogP contribution >= 0.6 is 0 Å². The summed E-state index contributed by atoms with van der Waals surface area (Å²) in [4.78, 5) is 0. The molecule has 0 fully saturated rings. The highest BCUT2D eigenvalue weighted by molar-refractivity contribution is 6.33. The maximum absolute atomic E-state index is 6.94. The molecule has 1 heterocycles. The van der Waals surface area contributed by atoms with Gasteiger partial charge in [-0.15, -0.1) is 0 Å². The molecule has 0 unspecified atom stereocenters. The second-order valence-corrected chi connectivity index (χ2v) is 11.6. The van der Waals surface area contributed by atoms with Crippen molar-refractivity contribution in [3.63, 3.8) is 0 Å². The summed E-state index contributed by atoms with van der Waals surface area (Å²) in [5.74, 6) is 0. The molecule has 0 saturated heterocycles. The highest BCUT2D eigenvalue weighted by atomic mass is 16.3. The first kappa shape index (κ1) is 23.0. The minimum atomic E-state index is 0.933. The third kappa shape index (κ3) is 3.01. The smallest absolute Gasteiger partial charge is 0.143 e. The van der Waals surface area contributed by atoms with E-state index in [0.717, 1.165) is 16.7 Å². The van der Waals surface area contributed by atoms with Gasteiger partial charge in [-0.2, -0.15) is 0 Å². The van der Waals surface area contributed by atoms with Crippen molar-refractivity contribution in [3.05, 3.63) is 146 Å². The van der Waals surface area contributed by atoms with Crippen LogP contribution in [0.25, 0.3) is 98.8 Å². The highest BCUT2D eigenvalue weighted by Gasteiger charge is 2.27. The summed E-state index contributed by atoms with van der Waals surface area (Å²) in [6, 6.07) is 52.9. The van der Waals surface area contributed by atoms with Gasteiger partial charge < -0.3 is 4.42 Å². The van der Waals surface area contributed by atoms with E-state index in [-0.39, 0.29) is 0 Å². The van der Waals surface area contributed by atoms with Crippen molar-refractivity contribution in [1.29, 1.82) is 0 Å². The molecular weight excluding hydrogens is 520 g/mol. The van der Waals surface area contributed by atoms with Crippen molar-refractivity contribution in [3.8, 4) is 44.5 Å². The Bertz CT molecular complexity index is 2530. The van der Waals surface area contributed by atoms with Crippen LogP contribution in [0.4, 0.5) is 0 Å². The highest BCUT2D eigenvalue weighted by Crippen LogP contribution is 2.53. The lowest BCUT2D eigenvalue weighted by atomic mass is 9.84. The SMILES string of the molecule is c1ccc(-c2c3ccccc3c(-c3cc4cccc5c4c4c3oc3cccc(c34)-c3ccccc3-5)c3ccccc23)cc1. The van der Waals surface area contributed by atoms with E-state index in [1.807, 2.05) is 0 Å². The Morgan fingerprint density at radius 1 is 0.349 bits per heavy atom. The lowest BCUT2D eigenvalue weighted by molar-refractivity contribution is 0.670. The van der Waals surface area contributed by atoms with E-state index in [0.29, 0.717) is 0 Å². The van der Waals surface area contributed by atoms with Crippen LogP contribution in [0.2, 0.25) is 0 Å². The summed E-state index contributed by atoms with van der Waals surface area (Å²) in [5.41, 5.74) is 11.8. The van der Waals surface area contributed by atoms with Crippen LogP contribution in [0.5, 0.6) is 0 Å². The van der Waals surface area contributed by atoms with E-state index in [1.165, 1.54) is 82.0 Å². The second-order valence-electron chi connectivity index (χ2n) is 11.6. The molecule has 0 N–H and O–H groups in total.